The van der Waals surface area contributed by atoms with E-state index in [4.69, 9.17) is 24.2 Å². The van der Waals surface area contributed by atoms with Crippen molar-refractivity contribution in [1.82, 2.24) is 29.8 Å². The summed E-state index contributed by atoms with van der Waals surface area (Å²) in [6.45, 7) is 2.56. The van der Waals surface area contributed by atoms with E-state index in [1.165, 1.54) is 17.0 Å². The van der Waals surface area contributed by atoms with E-state index in [1.807, 2.05) is 43.3 Å². The van der Waals surface area contributed by atoms with Crippen molar-refractivity contribution in [2.45, 2.75) is 87.8 Å². The smallest absolute Gasteiger partial charge is 0.321 e. The molecule has 16 heteroatoms. The molecule has 1 saturated heterocycles. The number of nitrogens with one attached hydrogen (secondary N) is 2. The highest BCUT2D eigenvalue weighted by molar-refractivity contribution is 7.91. The van der Waals surface area contributed by atoms with E-state index < -0.39 is 56.5 Å². The van der Waals surface area contributed by atoms with Crippen LogP contribution in [0, 0.1) is 18.7 Å². The molecule has 4 unspecified atom stereocenters. The van der Waals surface area contributed by atoms with Crippen molar-refractivity contribution >= 4 is 38.8 Å². The van der Waals surface area contributed by atoms with Gasteiger partial charge >= 0.3 is 6.03 Å². The molecule has 2 aliphatic carbocycles. The number of halogens is 1. The highest BCUT2D eigenvalue weighted by Gasteiger charge is 2.62. The number of carbonyl (C=O) groups excluding carboxylic acids is 3. The summed E-state index contributed by atoms with van der Waals surface area (Å²) in [7, 11) is -0.756. The first-order valence-electron chi connectivity index (χ1n) is 20.4. The molecule has 1 aromatic heterocycles. The predicted octanol–water partition coefficient (Wildman–Crippen LogP) is 5.82. The Kier molecular flexibility index (Phi) is 11.4. The summed E-state index contributed by atoms with van der Waals surface area (Å²) >= 11 is 0. The van der Waals surface area contributed by atoms with E-state index in [9.17, 15) is 27.2 Å². The molecule has 8 rings (SSSR count). The van der Waals surface area contributed by atoms with E-state index in [0.29, 0.717) is 47.4 Å². The van der Waals surface area contributed by atoms with Crippen molar-refractivity contribution in [2.75, 3.05) is 27.3 Å². The lowest BCUT2D eigenvalue weighted by atomic mass is 10.1. The van der Waals surface area contributed by atoms with Gasteiger partial charge in [0.25, 0.3) is 5.91 Å². The molecule has 4 amide bonds. The summed E-state index contributed by atoms with van der Waals surface area (Å²) in [6, 6.07) is 15.3. The summed E-state index contributed by atoms with van der Waals surface area (Å²) in [5.41, 5.74) is 1.20. The molecule has 4 aliphatic rings. The van der Waals surface area contributed by atoms with Crippen LogP contribution in [0.3, 0.4) is 0 Å². The van der Waals surface area contributed by atoms with Gasteiger partial charge in [0.15, 0.2) is 5.82 Å². The van der Waals surface area contributed by atoms with Crippen LogP contribution in [0.4, 0.5) is 9.18 Å². The first-order valence-corrected chi connectivity index (χ1v) is 21.9. The number of rotatable bonds is 10. The fourth-order valence-corrected chi connectivity index (χ4v) is 9.53. The second kappa shape index (κ2) is 16.7. The van der Waals surface area contributed by atoms with Gasteiger partial charge < -0.3 is 29.3 Å². The molecule has 3 aromatic carbocycles. The summed E-state index contributed by atoms with van der Waals surface area (Å²) in [4.78, 5) is 56.2. The number of aryl methyl sites for hydroxylation is 1. The van der Waals surface area contributed by atoms with Crippen LogP contribution < -0.4 is 24.2 Å². The second-order valence-corrected chi connectivity index (χ2v) is 18.0. The molecule has 316 valence electrons. The fraction of sp³-hybridized carbons (Fsp3) is 0.432. The SMILES string of the molecule is COc1ccc(CN2CCCCC/C=C\C3CC3(C(=O)NS(=O)(=O)C3CC3)NC(=O)C3CC(Oc4nc(-c5ccc(F)cc5)nc5c(C)c(OC)ccc45)CN3C2=O)cc1. The Morgan fingerprint density at radius 3 is 2.47 bits per heavy atom. The molecule has 2 saturated carbocycles. The second-order valence-electron chi connectivity index (χ2n) is 16.1. The Hall–Kier alpha value is -5.77. The molecule has 0 bridgehead atoms. The zero-order valence-corrected chi connectivity index (χ0v) is 34.7. The minimum atomic E-state index is -3.91. The number of nitrogens with zero attached hydrogens (tertiary/aromatic N) is 4. The highest BCUT2D eigenvalue weighted by Crippen LogP contribution is 2.46. The van der Waals surface area contributed by atoms with Gasteiger partial charge in [0, 0.05) is 36.6 Å². The molecule has 2 aliphatic heterocycles. The van der Waals surface area contributed by atoms with Crippen LogP contribution in [0.25, 0.3) is 22.3 Å². The number of benzene rings is 3. The van der Waals surface area contributed by atoms with Crippen molar-refractivity contribution < 1.29 is 41.4 Å². The quantitative estimate of drug-likeness (QED) is 0.186. The molecular weight excluding hydrogens is 792 g/mol. The fourth-order valence-electron chi connectivity index (χ4n) is 8.17. The number of sulfonamides is 1. The zero-order chi connectivity index (χ0) is 42.2. The van der Waals surface area contributed by atoms with Crippen LogP contribution in [0.15, 0.2) is 72.8 Å². The monoisotopic (exact) mass is 840 g/mol. The van der Waals surface area contributed by atoms with Gasteiger partial charge in [-0.2, -0.15) is 4.98 Å². The van der Waals surface area contributed by atoms with E-state index in [-0.39, 0.29) is 43.7 Å². The largest absolute Gasteiger partial charge is 0.497 e. The molecule has 60 heavy (non-hydrogen) atoms. The summed E-state index contributed by atoms with van der Waals surface area (Å²) in [5.74, 6) is -0.452. The van der Waals surface area contributed by atoms with Gasteiger partial charge in [-0.05, 0) is 99.5 Å². The molecule has 2 N–H and O–H groups in total. The molecule has 0 spiro atoms. The van der Waals surface area contributed by atoms with Crippen LogP contribution in [-0.2, 0) is 26.2 Å². The maximum atomic E-state index is 14.9. The Morgan fingerprint density at radius 1 is 0.983 bits per heavy atom. The molecule has 14 nitrogen and oxygen atoms in total. The molecule has 3 fully saturated rings. The summed E-state index contributed by atoms with van der Waals surface area (Å²) in [5, 5.41) is 2.88. The lowest BCUT2D eigenvalue weighted by molar-refractivity contribution is -0.131. The van der Waals surface area contributed by atoms with Crippen molar-refractivity contribution in [2.24, 2.45) is 5.92 Å². The van der Waals surface area contributed by atoms with E-state index in [2.05, 4.69) is 10.0 Å². The maximum absolute atomic E-state index is 14.9. The minimum Gasteiger partial charge on any atom is -0.497 e. The number of aromatic nitrogens is 2. The Labute approximate surface area is 348 Å². The van der Waals surface area contributed by atoms with Crippen molar-refractivity contribution in [3.8, 4) is 28.8 Å². The highest BCUT2D eigenvalue weighted by atomic mass is 32.2. The third kappa shape index (κ3) is 8.47. The minimum absolute atomic E-state index is 0.00113. The number of methoxy groups -OCH3 is 2. The van der Waals surface area contributed by atoms with E-state index >= 15 is 0 Å². The van der Waals surface area contributed by atoms with Crippen LogP contribution in [0.5, 0.6) is 17.4 Å². The van der Waals surface area contributed by atoms with Gasteiger partial charge in [0.05, 0.1) is 36.9 Å². The summed E-state index contributed by atoms with van der Waals surface area (Å²) in [6.07, 6.45) is 7.45. The third-order valence-electron chi connectivity index (χ3n) is 11.9. The van der Waals surface area contributed by atoms with E-state index in [1.54, 1.807) is 43.4 Å². The molecule has 4 aromatic rings. The average molecular weight is 841 g/mol. The number of hydrogen-bond acceptors (Lipinski definition) is 10. The van der Waals surface area contributed by atoms with Crippen LogP contribution in [-0.4, -0.2) is 96.3 Å². The number of ether oxygens (including phenoxy) is 3. The van der Waals surface area contributed by atoms with Gasteiger partial charge in [0.2, 0.25) is 21.8 Å². The van der Waals surface area contributed by atoms with Crippen molar-refractivity contribution in [3.05, 3.63) is 89.8 Å². The number of fused-ring (bicyclic) bond motifs is 3. The number of allylic oxidation sites excluding steroid dienone is 1. The van der Waals surface area contributed by atoms with Gasteiger partial charge in [-0.15, -0.1) is 0 Å². The van der Waals surface area contributed by atoms with Crippen LogP contribution in [0.2, 0.25) is 0 Å². The van der Waals surface area contributed by atoms with Gasteiger partial charge in [-0.1, -0.05) is 30.7 Å². The predicted molar refractivity (Wildman–Crippen MR) is 221 cm³/mol. The van der Waals surface area contributed by atoms with Gasteiger partial charge in [-0.3, -0.25) is 14.3 Å². The van der Waals surface area contributed by atoms with Crippen LogP contribution >= 0.6 is 0 Å². The van der Waals surface area contributed by atoms with Gasteiger partial charge in [0.1, 0.15) is 35.0 Å². The van der Waals surface area contributed by atoms with Crippen LogP contribution in [0.1, 0.15) is 62.5 Å². The molecule has 0 radical (unpaired) electrons. The molecular formula is C44H49FN6O8S. The topological polar surface area (TPSA) is 169 Å². The molecule has 4 atom stereocenters. The standard InChI is InChI=1S/C44H49FN6O8S/c1-27-37(58-3)21-20-35-38(27)46-39(29-12-14-31(45)15-13-29)47-41(35)59-33-23-36-40(52)48-44(42(53)49-60(55,56)34-18-19-34)24-30(44)9-7-5-4-6-8-22-50(43(54)51(36)26-33)25-28-10-16-32(57-2)17-11-28/h7,9-17,20-21,30,33-34,36H,4-6,8,18-19,22-26H2,1-3H3,(H,48,52)(H,49,53)/b9-7-. The molecule has 3 heterocycles. The Morgan fingerprint density at radius 2 is 1.75 bits per heavy atom. The van der Waals surface area contributed by atoms with Crippen molar-refractivity contribution in [3.63, 3.8) is 0 Å². The third-order valence-corrected chi connectivity index (χ3v) is 13.7. The maximum Gasteiger partial charge on any atom is 0.321 e. The average Bonchev–Trinajstić information content (AvgIpc) is 4.17. The Bertz CT molecular complexity index is 2430. The van der Waals surface area contributed by atoms with E-state index in [0.717, 1.165) is 36.8 Å². The normalized spacial score (nSPS) is 24.0. The van der Waals surface area contributed by atoms with Crippen molar-refractivity contribution in [1.29, 1.82) is 0 Å². The zero-order valence-electron chi connectivity index (χ0n) is 33.9. The first-order chi connectivity index (χ1) is 28.9. The number of hydrogen-bond donors (Lipinski definition) is 2. The van der Waals surface area contributed by atoms with Gasteiger partial charge in [-0.25, -0.2) is 22.6 Å². The lowest BCUT2D eigenvalue weighted by Crippen LogP contribution is -2.57. The summed E-state index contributed by atoms with van der Waals surface area (Å²) < 4.78 is 59.7. The number of urea groups is 1. The Balaban J connectivity index is 1.15. The number of amides is 4. The number of carbonyl (C=O) groups is 3. The first kappa shape index (κ1) is 41.0. The lowest BCUT2D eigenvalue weighted by Gasteiger charge is -2.32.